The lowest BCUT2D eigenvalue weighted by atomic mass is 10.0. The van der Waals surface area contributed by atoms with Gasteiger partial charge in [0.1, 0.15) is 6.61 Å². The fourth-order valence-electron chi connectivity index (χ4n) is 2.97. The van der Waals surface area contributed by atoms with Crippen LogP contribution in [0.25, 0.3) is 0 Å². The number of rotatable bonds is 8. The van der Waals surface area contributed by atoms with E-state index in [0.29, 0.717) is 12.6 Å². The minimum atomic E-state index is -0.0446. The molecule has 0 spiro atoms. The molecular weight excluding hydrogens is 314 g/mol. The maximum Gasteiger partial charge on any atom is 0.247 e. The molecule has 0 radical (unpaired) electrons. The molecule has 0 bridgehead atoms. The number of nitrogens with zero attached hydrogens (tertiary/aromatic N) is 2. The van der Waals surface area contributed by atoms with Gasteiger partial charge in [-0.3, -0.25) is 9.69 Å². The van der Waals surface area contributed by atoms with E-state index in [1.165, 1.54) is 11.3 Å². The molecule has 0 atom stereocenters. The third-order valence-electron chi connectivity index (χ3n) is 4.37. The number of hydrogen-bond acceptors (Lipinski definition) is 4. The van der Waals surface area contributed by atoms with Crippen LogP contribution in [0.4, 0.5) is 5.69 Å². The molecule has 5 nitrogen and oxygen atoms in total. The average Bonchev–Trinajstić information content (AvgIpc) is 2.59. The predicted molar refractivity (Wildman–Crippen MR) is 103 cm³/mol. The smallest absolute Gasteiger partial charge is 0.247 e. The van der Waals surface area contributed by atoms with Crippen LogP contribution in [0.15, 0.2) is 24.3 Å². The molecule has 1 saturated heterocycles. The summed E-state index contributed by atoms with van der Waals surface area (Å²) in [6.45, 7) is 13.0. The van der Waals surface area contributed by atoms with E-state index in [1.807, 2.05) is 13.8 Å². The van der Waals surface area contributed by atoms with E-state index in [1.54, 1.807) is 0 Å². The lowest BCUT2D eigenvalue weighted by Gasteiger charge is -2.36. The molecule has 0 saturated carbocycles. The Morgan fingerprint density at radius 1 is 1.08 bits per heavy atom. The molecule has 1 amide bonds. The SMILES string of the molecule is CC(C)Cc1ccc(N2CCN(CNC(=O)COC(C)C)CC2)cc1. The Balaban J connectivity index is 1.71. The summed E-state index contributed by atoms with van der Waals surface area (Å²) >= 11 is 0. The van der Waals surface area contributed by atoms with E-state index in [4.69, 9.17) is 4.74 Å². The Labute approximate surface area is 152 Å². The fraction of sp³-hybridized carbons (Fsp3) is 0.650. The summed E-state index contributed by atoms with van der Waals surface area (Å²) < 4.78 is 5.31. The van der Waals surface area contributed by atoms with Gasteiger partial charge in [0.2, 0.25) is 5.91 Å². The molecule has 0 aromatic heterocycles. The summed E-state index contributed by atoms with van der Waals surface area (Å²) in [5.41, 5.74) is 2.70. The molecule has 25 heavy (non-hydrogen) atoms. The van der Waals surface area contributed by atoms with Crippen LogP contribution in [0.2, 0.25) is 0 Å². The van der Waals surface area contributed by atoms with Crippen LogP contribution < -0.4 is 10.2 Å². The third kappa shape index (κ3) is 7.04. The number of ether oxygens (including phenoxy) is 1. The lowest BCUT2D eigenvalue weighted by molar-refractivity contribution is -0.127. The van der Waals surface area contributed by atoms with E-state index >= 15 is 0 Å². The van der Waals surface area contributed by atoms with Crippen LogP contribution in [-0.4, -0.2) is 56.4 Å². The summed E-state index contributed by atoms with van der Waals surface area (Å²) in [7, 11) is 0. The minimum Gasteiger partial charge on any atom is -0.369 e. The van der Waals surface area contributed by atoms with Crippen molar-refractivity contribution >= 4 is 11.6 Å². The minimum absolute atomic E-state index is 0.0446. The van der Waals surface area contributed by atoms with Gasteiger partial charge in [0.25, 0.3) is 0 Å². The summed E-state index contributed by atoms with van der Waals surface area (Å²) in [6, 6.07) is 8.96. The number of benzene rings is 1. The number of piperazine rings is 1. The standard InChI is InChI=1S/C20H33N3O2/c1-16(2)13-18-5-7-19(8-6-18)23-11-9-22(10-12-23)15-21-20(24)14-25-17(3)4/h5-8,16-17H,9-15H2,1-4H3,(H,21,24). The fourth-order valence-corrected chi connectivity index (χ4v) is 2.97. The first-order valence-corrected chi connectivity index (χ1v) is 9.38. The van der Waals surface area contributed by atoms with Crippen molar-refractivity contribution in [2.75, 3.05) is 44.4 Å². The Morgan fingerprint density at radius 2 is 1.72 bits per heavy atom. The monoisotopic (exact) mass is 347 g/mol. The largest absolute Gasteiger partial charge is 0.369 e. The topological polar surface area (TPSA) is 44.8 Å². The Kier molecular flexibility index (Phi) is 7.72. The molecule has 0 aliphatic carbocycles. The third-order valence-corrected chi connectivity index (χ3v) is 4.37. The molecule has 1 aliphatic rings. The number of hydrogen-bond donors (Lipinski definition) is 1. The molecule has 1 fully saturated rings. The van der Waals surface area contributed by atoms with Crippen molar-refractivity contribution in [2.24, 2.45) is 5.92 Å². The van der Waals surface area contributed by atoms with Crippen molar-refractivity contribution in [1.29, 1.82) is 0 Å². The number of anilines is 1. The van der Waals surface area contributed by atoms with Crippen LogP contribution in [0, 0.1) is 5.92 Å². The van der Waals surface area contributed by atoms with Gasteiger partial charge in [0.15, 0.2) is 0 Å². The van der Waals surface area contributed by atoms with Gasteiger partial charge in [-0.1, -0.05) is 26.0 Å². The second-order valence-corrected chi connectivity index (χ2v) is 7.49. The van der Waals surface area contributed by atoms with E-state index in [-0.39, 0.29) is 18.6 Å². The van der Waals surface area contributed by atoms with E-state index in [9.17, 15) is 4.79 Å². The predicted octanol–water partition coefficient (Wildman–Crippen LogP) is 2.51. The van der Waals surface area contributed by atoms with Gasteiger partial charge < -0.3 is 15.0 Å². The summed E-state index contributed by atoms with van der Waals surface area (Å²) in [6.07, 6.45) is 1.22. The maximum absolute atomic E-state index is 11.7. The van der Waals surface area contributed by atoms with Crippen LogP contribution in [0.5, 0.6) is 0 Å². The first-order valence-electron chi connectivity index (χ1n) is 9.38. The normalized spacial score (nSPS) is 15.8. The van der Waals surface area contributed by atoms with Crippen molar-refractivity contribution in [2.45, 2.75) is 40.2 Å². The van der Waals surface area contributed by atoms with E-state index in [0.717, 1.165) is 32.6 Å². The van der Waals surface area contributed by atoms with Gasteiger partial charge in [-0.15, -0.1) is 0 Å². The zero-order valence-electron chi connectivity index (χ0n) is 16.1. The number of amides is 1. The van der Waals surface area contributed by atoms with E-state index in [2.05, 4.69) is 53.2 Å². The van der Waals surface area contributed by atoms with Gasteiger partial charge in [-0.25, -0.2) is 0 Å². The van der Waals surface area contributed by atoms with E-state index < -0.39 is 0 Å². The van der Waals surface area contributed by atoms with Gasteiger partial charge in [0.05, 0.1) is 12.8 Å². The second-order valence-electron chi connectivity index (χ2n) is 7.49. The highest BCUT2D eigenvalue weighted by Gasteiger charge is 2.17. The maximum atomic E-state index is 11.7. The number of nitrogens with one attached hydrogen (secondary N) is 1. The molecule has 0 unspecified atom stereocenters. The molecule has 1 aliphatic heterocycles. The van der Waals surface area contributed by atoms with Crippen LogP contribution in [0.1, 0.15) is 33.3 Å². The highest BCUT2D eigenvalue weighted by atomic mass is 16.5. The molecular formula is C20H33N3O2. The Bertz CT molecular complexity index is 520. The van der Waals surface area contributed by atoms with Crippen LogP contribution in [-0.2, 0) is 16.0 Å². The van der Waals surface area contributed by atoms with Gasteiger partial charge in [-0.2, -0.15) is 0 Å². The van der Waals surface area contributed by atoms with Crippen molar-refractivity contribution in [3.05, 3.63) is 29.8 Å². The summed E-state index contributed by atoms with van der Waals surface area (Å²) in [4.78, 5) is 16.4. The highest BCUT2D eigenvalue weighted by Crippen LogP contribution is 2.18. The van der Waals surface area contributed by atoms with Crippen LogP contribution >= 0.6 is 0 Å². The Hall–Kier alpha value is -1.59. The zero-order chi connectivity index (χ0) is 18.2. The second kappa shape index (κ2) is 9.78. The van der Waals surface area contributed by atoms with Crippen molar-refractivity contribution in [3.8, 4) is 0 Å². The van der Waals surface area contributed by atoms with Gasteiger partial charge >= 0.3 is 0 Å². The van der Waals surface area contributed by atoms with Crippen molar-refractivity contribution in [3.63, 3.8) is 0 Å². The van der Waals surface area contributed by atoms with Crippen molar-refractivity contribution in [1.82, 2.24) is 10.2 Å². The zero-order valence-corrected chi connectivity index (χ0v) is 16.1. The lowest BCUT2D eigenvalue weighted by Crippen LogP contribution is -2.50. The average molecular weight is 348 g/mol. The molecule has 1 aromatic carbocycles. The first kappa shape index (κ1) is 19.7. The van der Waals surface area contributed by atoms with Gasteiger partial charge in [-0.05, 0) is 43.9 Å². The summed E-state index contributed by atoms with van der Waals surface area (Å²) in [5.74, 6) is 0.646. The van der Waals surface area contributed by atoms with Crippen molar-refractivity contribution < 1.29 is 9.53 Å². The molecule has 1 N–H and O–H groups in total. The quantitative estimate of drug-likeness (QED) is 0.785. The van der Waals surface area contributed by atoms with Gasteiger partial charge in [0, 0.05) is 31.9 Å². The van der Waals surface area contributed by atoms with Crippen LogP contribution in [0.3, 0.4) is 0 Å². The number of carbonyl (C=O) groups excluding carboxylic acids is 1. The molecule has 140 valence electrons. The first-order chi connectivity index (χ1) is 11.9. The Morgan fingerprint density at radius 3 is 2.28 bits per heavy atom. The summed E-state index contributed by atoms with van der Waals surface area (Å²) in [5, 5.41) is 2.93. The molecule has 2 rings (SSSR count). The highest BCUT2D eigenvalue weighted by molar-refractivity contribution is 5.77. The molecule has 1 heterocycles. The molecule has 5 heteroatoms. The molecule has 1 aromatic rings. The number of carbonyl (C=O) groups is 1.